The van der Waals surface area contributed by atoms with Gasteiger partial charge in [-0.3, -0.25) is 0 Å². The number of hydrogen-bond donors (Lipinski definition) is 0. The van der Waals surface area contributed by atoms with Gasteiger partial charge in [-0.05, 0) is 24.5 Å². The Balaban J connectivity index is 2.54. The highest BCUT2D eigenvalue weighted by molar-refractivity contribution is 6.30. The number of para-hydroxylation sites is 1. The second kappa shape index (κ2) is 6.71. The van der Waals surface area contributed by atoms with Crippen LogP contribution in [-0.4, -0.2) is 16.6 Å². The molecule has 4 heteroatoms. The number of nitrogens with zero attached hydrogens (tertiary/aromatic N) is 2. The molecular weight excluding hydrogens is 272 g/mol. The molecule has 0 atom stereocenters. The van der Waals surface area contributed by atoms with E-state index in [0.717, 1.165) is 29.0 Å². The van der Waals surface area contributed by atoms with Gasteiger partial charge in [0.05, 0.1) is 12.3 Å². The quantitative estimate of drug-likeness (QED) is 0.748. The first-order valence-corrected chi connectivity index (χ1v) is 7.25. The van der Waals surface area contributed by atoms with Crippen LogP contribution in [0.5, 0.6) is 5.75 Å². The Labute approximate surface area is 125 Å². The highest BCUT2D eigenvalue weighted by Crippen LogP contribution is 2.36. The summed E-state index contributed by atoms with van der Waals surface area (Å²) >= 11 is 6.24. The monoisotopic (exact) mass is 290 g/mol. The van der Waals surface area contributed by atoms with Gasteiger partial charge in [0.2, 0.25) is 0 Å². The van der Waals surface area contributed by atoms with Gasteiger partial charge in [0.1, 0.15) is 17.2 Å². The summed E-state index contributed by atoms with van der Waals surface area (Å²) in [6, 6.07) is 7.92. The van der Waals surface area contributed by atoms with Crippen molar-refractivity contribution in [3.05, 3.63) is 41.3 Å². The number of halogens is 1. The zero-order valence-electron chi connectivity index (χ0n) is 12.1. The van der Waals surface area contributed by atoms with Gasteiger partial charge in [-0.15, -0.1) is 0 Å². The number of aromatic nitrogens is 2. The van der Waals surface area contributed by atoms with E-state index in [2.05, 4.69) is 30.7 Å². The maximum absolute atomic E-state index is 6.24. The lowest BCUT2D eigenvalue weighted by Gasteiger charge is -2.16. The van der Waals surface area contributed by atoms with Crippen LogP contribution in [0, 0.1) is 0 Å². The van der Waals surface area contributed by atoms with Gasteiger partial charge in [-0.1, -0.05) is 44.5 Å². The molecule has 0 saturated heterocycles. The summed E-state index contributed by atoms with van der Waals surface area (Å²) in [4.78, 5) is 8.52. The van der Waals surface area contributed by atoms with E-state index in [1.165, 1.54) is 6.33 Å². The number of benzene rings is 1. The van der Waals surface area contributed by atoms with E-state index < -0.39 is 0 Å². The highest BCUT2D eigenvalue weighted by Gasteiger charge is 2.17. The lowest BCUT2D eigenvalue weighted by Crippen LogP contribution is -2.02. The van der Waals surface area contributed by atoms with Gasteiger partial charge in [0.15, 0.2) is 0 Å². The van der Waals surface area contributed by atoms with Gasteiger partial charge in [0.25, 0.3) is 0 Å². The van der Waals surface area contributed by atoms with Crippen molar-refractivity contribution in [1.29, 1.82) is 0 Å². The molecule has 0 bridgehead atoms. The topological polar surface area (TPSA) is 35.0 Å². The molecule has 1 aromatic heterocycles. The molecule has 1 heterocycles. The normalized spacial score (nSPS) is 10.8. The van der Waals surface area contributed by atoms with Crippen molar-refractivity contribution in [3.8, 4) is 17.0 Å². The van der Waals surface area contributed by atoms with Gasteiger partial charge in [-0.25, -0.2) is 9.97 Å². The first kappa shape index (κ1) is 14.8. The number of hydrogen-bond acceptors (Lipinski definition) is 3. The first-order valence-electron chi connectivity index (χ1n) is 6.87. The van der Waals surface area contributed by atoms with Gasteiger partial charge < -0.3 is 4.74 Å². The zero-order chi connectivity index (χ0) is 14.5. The van der Waals surface area contributed by atoms with E-state index >= 15 is 0 Å². The third kappa shape index (κ3) is 3.10. The van der Waals surface area contributed by atoms with Crippen molar-refractivity contribution < 1.29 is 4.74 Å². The zero-order valence-corrected chi connectivity index (χ0v) is 12.8. The summed E-state index contributed by atoms with van der Waals surface area (Å²) < 4.78 is 5.81. The third-order valence-electron chi connectivity index (χ3n) is 3.02. The van der Waals surface area contributed by atoms with E-state index in [0.29, 0.717) is 11.8 Å². The molecule has 0 unspecified atom stereocenters. The maximum atomic E-state index is 6.24. The van der Waals surface area contributed by atoms with E-state index in [9.17, 15) is 0 Å². The molecule has 0 amide bonds. The molecular formula is C16H19ClN2O. The average Bonchev–Trinajstić information content (AvgIpc) is 2.44. The van der Waals surface area contributed by atoms with E-state index in [4.69, 9.17) is 16.3 Å². The lowest BCUT2D eigenvalue weighted by atomic mass is 9.98. The van der Waals surface area contributed by atoms with Crippen molar-refractivity contribution in [1.82, 2.24) is 9.97 Å². The molecule has 1 aromatic carbocycles. The summed E-state index contributed by atoms with van der Waals surface area (Å²) in [5.41, 5.74) is 2.78. The van der Waals surface area contributed by atoms with E-state index in [1.54, 1.807) is 0 Å². The molecule has 0 spiro atoms. The van der Waals surface area contributed by atoms with Crippen molar-refractivity contribution in [2.45, 2.75) is 33.1 Å². The van der Waals surface area contributed by atoms with Crippen molar-refractivity contribution in [2.75, 3.05) is 6.61 Å². The second-order valence-electron chi connectivity index (χ2n) is 4.93. The summed E-state index contributed by atoms with van der Waals surface area (Å²) in [6.45, 7) is 6.95. The fourth-order valence-corrected chi connectivity index (χ4v) is 2.45. The van der Waals surface area contributed by atoms with Crippen LogP contribution in [-0.2, 0) is 0 Å². The van der Waals surface area contributed by atoms with Crippen molar-refractivity contribution >= 4 is 11.6 Å². The molecule has 0 aliphatic carbocycles. The Hall–Kier alpha value is -1.61. The first-order chi connectivity index (χ1) is 9.65. The second-order valence-corrected chi connectivity index (χ2v) is 5.28. The number of ether oxygens (including phenoxy) is 1. The summed E-state index contributed by atoms with van der Waals surface area (Å²) in [7, 11) is 0. The van der Waals surface area contributed by atoms with Gasteiger partial charge >= 0.3 is 0 Å². The van der Waals surface area contributed by atoms with Crippen LogP contribution < -0.4 is 4.74 Å². The predicted molar refractivity (Wildman–Crippen MR) is 82.4 cm³/mol. The molecule has 3 nitrogen and oxygen atoms in total. The Morgan fingerprint density at radius 3 is 2.65 bits per heavy atom. The Morgan fingerprint density at radius 1 is 1.20 bits per heavy atom. The molecule has 0 saturated carbocycles. The Bertz CT molecular complexity index is 584. The smallest absolute Gasteiger partial charge is 0.136 e. The van der Waals surface area contributed by atoms with Crippen LogP contribution in [0.2, 0.25) is 5.15 Å². The minimum Gasteiger partial charge on any atom is -0.493 e. The van der Waals surface area contributed by atoms with Crippen LogP contribution in [0.4, 0.5) is 0 Å². The highest BCUT2D eigenvalue weighted by atomic mass is 35.5. The molecule has 2 aromatic rings. The summed E-state index contributed by atoms with van der Waals surface area (Å²) in [6.07, 6.45) is 2.47. The molecule has 20 heavy (non-hydrogen) atoms. The maximum Gasteiger partial charge on any atom is 0.136 e. The standard InChI is InChI=1S/C16H19ClN2O/c1-4-9-20-13-8-6-5-7-12(13)15-14(11(2)3)16(17)19-10-18-15/h5-8,10-11H,4,9H2,1-3H3. The minimum atomic E-state index is 0.248. The molecule has 106 valence electrons. The Morgan fingerprint density at radius 2 is 1.95 bits per heavy atom. The lowest BCUT2D eigenvalue weighted by molar-refractivity contribution is 0.318. The third-order valence-corrected chi connectivity index (χ3v) is 3.32. The molecule has 0 N–H and O–H groups in total. The Kier molecular flexibility index (Phi) is 4.96. The van der Waals surface area contributed by atoms with Crippen LogP contribution in [0.3, 0.4) is 0 Å². The van der Waals surface area contributed by atoms with Crippen LogP contribution >= 0.6 is 11.6 Å². The van der Waals surface area contributed by atoms with Gasteiger partial charge in [-0.2, -0.15) is 0 Å². The van der Waals surface area contributed by atoms with E-state index in [1.807, 2.05) is 24.3 Å². The predicted octanol–water partition coefficient (Wildman–Crippen LogP) is 4.71. The summed E-state index contributed by atoms with van der Waals surface area (Å²) in [5, 5.41) is 0.510. The fraction of sp³-hybridized carbons (Fsp3) is 0.375. The van der Waals surface area contributed by atoms with Gasteiger partial charge in [0, 0.05) is 11.1 Å². The van der Waals surface area contributed by atoms with Crippen LogP contribution in [0.1, 0.15) is 38.7 Å². The van der Waals surface area contributed by atoms with Crippen molar-refractivity contribution in [2.24, 2.45) is 0 Å². The van der Waals surface area contributed by atoms with Crippen LogP contribution in [0.25, 0.3) is 11.3 Å². The minimum absolute atomic E-state index is 0.248. The van der Waals surface area contributed by atoms with Crippen LogP contribution in [0.15, 0.2) is 30.6 Å². The molecule has 0 aliphatic heterocycles. The summed E-state index contributed by atoms with van der Waals surface area (Å²) in [5.74, 6) is 1.09. The molecule has 0 radical (unpaired) electrons. The number of rotatable bonds is 5. The molecule has 2 rings (SSSR count). The van der Waals surface area contributed by atoms with E-state index in [-0.39, 0.29) is 5.92 Å². The molecule has 0 fully saturated rings. The average molecular weight is 291 g/mol. The fourth-order valence-electron chi connectivity index (χ4n) is 2.10. The molecule has 0 aliphatic rings. The van der Waals surface area contributed by atoms with Crippen molar-refractivity contribution in [3.63, 3.8) is 0 Å². The largest absolute Gasteiger partial charge is 0.493 e. The SMILES string of the molecule is CCCOc1ccccc1-c1ncnc(Cl)c1C(C)C.